The van der Waals surface area contributed by atoms with Gasteiger partial charge in [-0.2, -0.15) is 5.26 Å². The third-order valence-corrected chi connectivity index (χ3v) is 10.1. The van der Waals surface area contributed by atoms with E-state index < -0.39 is 0 Å². The molecule has 5 heteroatoms. The molecule has 0 radical (unpaired) electrons. The Hall–Kier alpha value is -7.55. The van der Waals surface area contributed by atoms with Crippen LogP contribution < -0.4 is 0 Å². The van der Waals surface area contributed by atoms with Gasteiger partial charge in [0.2, 0.25) is 0 Å². The summed E-state index contributed by atoms with van der Waals surface area (Å²) in [5.74, 6) is 1.89. The molecule has 5 nitrogen and oxygen atoms in total. The third-order valence-electron chi connectivity index (χ3n) is 10.1. The van der Waals surface area contributed by atoms with Crippen molar-refractivity contribution in [1.29, 1.82) is 5.26 Å². The molecule has 0 amide bonds. The molecule has 0 spiro atoms. The van der Waals surface area contributed by atoms with Crippen LogP contribution in [0.3, 0.4) is 0 Å². The Bertz CT molecular complexity index is 3020. The van der Waals surface area contributed by atoms with Crippen molar-refractivity contribution in [3.8, 4) is 62.6 Å². The average molecular weight is 688 g/mol. The summed E-state index contributed by atoms with van der Waals surface area (Å²) >= 11 is 0. The van der Waals surface area contributed by atoms with Crippen LogP contribution in [0.5, 0.6) is 0 Å². The lowest BCUT2D eigenvalue weighted by atomic mass is 9.89. The van der Waals surface area contributed by atoms with E-state index in [0.29, 0.717) is 23.0 Å². The second-order valence-corrected chi connectivity index (χ2v) is 13.3. The van der Waals surface area contributed by atoms with Gasteiger partial charge in [0.15, 0.2) is 17.5 Å². The van der Waals surface area contributed by atoms with E-state index in [1.54, 1.807) is 0 Å². The van der Waals surface area contributed by atoms with Crippen LogP contribution in [0, 0.1) is 11.3 Å². The molecular formula is C49H29N5. The number of aromatic nitrogens is 4. The van der Waals surface area contributed by atoms with Crippen molar-refractivity contribution in [2.24, 2.45) is 0 Å². The minimum Gasteiger partial charge on any atom is -0.247 e. The highest BCUT2D eigenvalue weighted by molar-refractivity contribution is 6.33. The Morgan fingerprint density at radius 1 is 0.333 bits per heavy atom. The number of rotatable bonds is 5. The molecule has 0 aliphatic carbocycles. The van der Waals surface area contributed by atoms with Gasteiger partial charge in [0, 0.05) is 38.4 Å². The van der Waals surface area contributed by atoms with E-state index in [-0.39, 0.29) is 0 Å². The predicted molar refractivity (Wildman–Crippen MR) is 220 cm³/mol. The first-order chi connectivity index (χ1) is 26.7. The zero-order valence-corrected chi connectivity index (χ0v) is 29.0. The number of hydrogen-bond acceptors (Lipinski definition) is 5. The largest absolute Gasteiger partial charge is 0.247 e. The lowest BCUT2D eigenvalue weighted by molar-refractivity contribution is 1.07. The van der Waals surface area contributed by atoms with Crippen molar-refractivity contribution in [3.05, 3.63) is 181 Å². The minimum absolute atomic E-state index is 0.618. The maximum Gasteiger partial charge on any atom is 0.164 e. The fourth-order valence-electron chi connectivity index (χ4n) is 7.52. The molecule has 250 valence electrons. The summed E-state index contributed by atoms with van der Waals surface area (Å²) in [4.78, 5) is 20.1. The van der Waals surface area contributed by atoms with Crippen molar-refractivity contribution in [2.45, 2.75) is 0 Å². The lowest BCUT2D eigenvalue weighted by Gasteiger charge is -2.17. The second-order valence-electron chi connectivity index (χ2n) is 13.3. The molecule has 0 saturated carbocycles. The topological polar surface area (TPSA) is 75.3 Å². The number of benzene rings is 8. The van der Waals surface area contributed by atoms with Crippen LogP contribution in [0.25, 0.3) is 99.8 Å². The van der Waals surface area contributed by atoms with Gasteiger partial charge in [-0.25, -0.2) is 19.9 Å². The lowest BCUT2D eigenvalue weighted by Crippen LogP contribution is -2.00. The van der Waals surface area contributed by atoms with Crippen LogP contribution in [-0.2, 0) is 0 Å². The molecule has 8 aromatic carbocycles. The molecule has 0 saturated heterocycles. The van der Waals surface area contributed by atoms with E-state index in [1.165, 1.54) is 21.5 Å². The summed E-state index contributed by atoms with van der Waals surface area (Å²) in [5, 5.41) is 17.7. The van der Waals surface area contributed by atoms with Gasteiger partial charge in [0.05, 0.1) is 22.8 Å². The monoisotopic (exact) mass is 687 g/mol. The molecule has 0 bridgehead atoms. The molecule has 2 heterocycles. The molecule has 0 fully saturated rings. The molecule has 0 atom stereocenters. The molecule has 0 aliphatic heterocycles. The van der Waals surface area contributed by atoms with Crippen molar-refractivity contribution < 1.29 is 0 Å². The van der Waals surface area contributed by atoms with Crippen molar-refractivity contribution in [2.75, 3.05) is 0 Å². The minimum atomic E-state index is 0.618. The van der Waals surface area contributed by atoms with Gasteiger partial charge in [0.1, 0.15) is 0 Å². The second kappa shape index (κ2) is 12.9. The quantitative estimate of drug-likeness (QED) is 0.168. The normalized spacial score (nSPS) is 11.3. The van der Waals surface area contributed by atoms with Gasteiger partial charge in [-0.3, -0.25) is 0 Å². The van der Waals surface area contributed by atoms with Gasteiger partial charge in [0.25, 0.3) is 0 Å². The first-order valence-electron chi connectivity index (χ1n) is 17.9. The molecule has 10 rings (SSSR count). The summed E-state index contributed by atoms with van der Waals surface area (Å²) in [5.41, 5.74) is 8.29. The summed E-state index contributed by atoms with van der Waals surface area (Å²) in [6, 6.07) is 62.2. The van der Waals surface area contributed by atoms with Crippen LogP contribution in [-0.4, -0.2) is 19.9 Å². The maximum absolute atomic E-state index is 9.54. The number of nitriles is 1. The van der Waals surface area contributed by atoms with E-state index >= 15 is 0 Å². The van der Waals surface area contributed by atoms with Crippen molar-refractivity contribution in [3.63, 3.8) is 0 Å². The SMILES string of the molecule is N#Cc1ccc(-c2nc3cc(-c4ccc(-c5nc(-c6ccccc6)nc(-c6ccccc6)n5)cc4)ccc3c3c4ccccc4c4ccccc4c23)cc1. The fourth-order valence-corrected chi connectivity index (χ4v) is 7.52. The third kappa shape index (κ3) is 5.33. The van der Waals surface area contributed by atoms with E-state index in [0.717, 1.165) is 60.8 Å². The molecular weight excluding hydrogens is 659 g/mol. The molecule has 10 aromatic rings. The van der Waals surface area contributed by atoms with E-state index in [2.05, 4.69) is 97.1 Å². The molecule has 54 heavy (non-hydrogen) atoms. The molecule has 2 aromatic heterocycles. The van der Waals surface area contributed by atoms with E-state index in [9.17, 15) is 5.26 Å². The zero-order valence-electron chi connectivity index (χ0n) is 29.0. The van der Waals surface area contributed by atoms with Crippen LogP contribution in [0.4, 0.5) is 0 Å². The van der Waals surface area contributed by atoms with Gasteiger partial charge in [-0.1, -0.05) is 158 Å². The van der Waals surface area contributed by atoms with Gasteiger partial charge in [-0.05, 0) is 50.9 Å². The van der Waals surface area contributed by atoms with Crippen molar-refractivity contribution >= 4 is 43.2 Å². The fraction of sp³-hybridized carbons (Fsp3) is 0. The Labute approximate surface area is 311 Å². The molecule has 0 unspecified atom stereocenters. The Morgan fingerprint density at radius 3 is 1.33 bits per heavy atom. The maximum atomic E-state index is 9.54. The van der Waals surface area contributed by atoms with Gasteiger partial charge >= 0.3 is 0 Å². The summed E-state index contributed by atoms with van der Waals surface area (Å²) < 4.78 is 0. The highest BCUT2D eigenvalue weighted by Crippen LogP contribution is 2.43. The van der Waals surface area contributed by atoms with Crippen molar-refractivity contribution in [1.82, 2.24) is 19.9 Å². The van der Waals surface area contributed by atoms with Gasteiger partial charge in [-0.15, -0.1) is 0 Å². The molecule has 0 aliphatic rings. The number of pyridine rings is 1. The highest BCUT2D eigenvalue weighted by atomic mass is 15.0. The summed E-state index contributed by atoms with van der Waals surface area (Å²) in [7, 11) is 0. The standard InChI is InChI=1S/C49H29N5/c50-30-31-19-21-33(22-20-31)46-45-41-18-10-8-16-39(41)38-15-7-9-17-40(38)44(45)42-28-27-37(29-43(42)51-46)32-23-25-36(26-24-32)49-53-47(34-11-3-1-4-12-34)52-48(54-49)35-13-5-2-6-14-35/h1-29H. The molecule has 0 N–H and O–H groups in total. The smallest absolute Gasteiger partial charge is 0.164 e. The zero-order chi connectivity index (χ0) is 36.0. The number of fused-ring (bicyclic) bond motifs is 8. The summed E-state index contributed by atoms with van der Waals surface area (Å²) in [6.07, 6.45) is 0. The predicted octanol–water partition coefficient (Wildman–Crippen LogP) is 12.1. The Morgan fingerprint density at radius 2 is 0.778 bits per heavy atom. The van der Waals surface area contributed by atoms with E-state index in [1.807, 2.05) is 84.9 Å². The van der Waals surface area contributed by atoms with Crippen LogP contribution >= 0.6 is 0 Å². The first-order valence-corrected chi connectivity index (χ1v) is 17.9. The Balaban J connectivity index is 1.13. The van der Waals surface area contributed by atoms with Crippen LogP contribution in [0.1, 0.15) is 5.56 Å². The Kier molecular flexibility index (Phi) is 7.45. The summed E-state index contributed by atoms with van der Waals surface area (Å²) in [6.45, 7) is 0. The number of nitrogens with zero attached hydrogens (tertiary/aromatic N) is 5. The average Bonchev–Trinajstić information content (AvgIpc) is 3.26. The van der Waals surface area contributed by atoms with Gasteiger partial charge < -0.3 is 0 Å². The van der Waals surface area contributed by atoms with Crippen LogP contribution in [0.2, 0.25) is 0 Å². The van der Waals surface area contributed by atoms with Crippen LogP contribution in [0.15, 0.2) is 176 Å². The number of hydrogen-bond donors (Lipinski definition) is 0. The first kappa shape index (κ1) is 31.2. The highest BCUT2D eigenvalue weighted by Gasteiger charge is 2.18. The van der Waals surface area contributed by atoms with E-state index in [4.69, 9.17) is 19.9 Å².